The molecule has 1 heteroatoms. The van der Waals surface area contributed by atoms with Gasteiger partial charge in [-0.25, -0.2) is 0 Å². The van der Waals surface area contributed by atoms with E-state index in [1.807, 2.05) is 6.07 Å². The standard InChI is InChI=1S/C14H18Br/c1-3-4-5-7-12(2)10-13-8-6-9-14(15)11-13/h6,8-11H,2-5,7H2,1H3/b12-10+. The Morgan fingerprint density at radius 3 is 2.87 bits per heavy atom. The van der Waals surface area contributed by atoms with E-state index in [2.05, 4.69) is 54.1 Å². The van der Waals surface area contributed by atoms with Crippen molar-refractivity contribution in [2.24, 2.45) is 0 Å². The van der Waals surface area contributed by atoms with Crippen molar-refractivity contribution >= 4 is 22.0 Å². The second-order valence-electron chi connectivity index (χ2n) is 3.81. The Morgan fingerprint density at radius 2 is 2.20 bits per heavy atom. The molecule has 1 radical (unpaired) electrons. The van der Waals surface area contributed by atoms with Crippen LogP contribution in [0.2, 0.25) is 0 Å². The van der Waals surface area contributed by atoms with Crippen molar-refractivity contribution in [3.63, 3.8) is 0 Å². The molecule has 0 aliphatic heterocycles. The Kier molecular flexibility index (Phi) is 5.70. The van der Waals surface area contributed by atoms with Crippen molar-refractivity contribution < 1.29 is 0 Å². The van der Waals surface area contributed by atoms with E-state index in [1.165, 1.54) is 30.4 Å². The predicted molar refractivity (Wildman–Crippen MR) is 71.6 cm³/mol. The van der Waals surface area contributed by atoms with Crippen LogP contribution >= 0.6 is 15.9 Å². The molecule has 0 unspecified atom stereocenters. The summed E-state index contributed by atoms with van der Waals surface area (Å²) in [5.41, 5.74) is 2.45. The maximum atomic E-state index is 4.08. The van der Waals surface area contributed by atoms with Crippen molar-refractivity contribution in [3.05, 3.63) is 46.8 Å². The number of hydrogen-bond donors (Lipinski definition) is 0. The highest BCUT2D eigenvalue weighted by Crippen LogP contribution is 2.16. The molecule has 1 aromatic rings. The zero-order valence-corrected chi connectivity index (χ0v) is 10.9. The summed E-state index contributed by atoms with van der Waals surface area (Å²) < 4.78 is 1.12. The molecule has 1 aromatic carbocycles. The van der Waals surface area contributed by atoms with Crippen LogP contribution < -0.4 is 0 Å². The molecule has 0 fully saturated rings. The van der Waals surface area contributed by atoms with Crippen LogP contribution in [0.25, 0.3) is 6.08 Å². The van der Waals surface area contributed by atoms with Gasteiger partial charge < -0.3 is 0 Å². The van der Waals surface area contributed by atoms with Crippen molar-refractivity contribution in [3.8, 4) is 0 Å². The summed E-state index contributed by atoms with van der Waals surface area (Å²) in [4.78, 5) is 0. The lowest BCUT2D eigenvalue weighted by atomic mass is 10.1. The molecule has 81 valence electrons. The lowest BCUT2D eigenvalue weighted by molar-refractivity contribution is 0.720. The minimum absolute atomic E-state index is 1.11. The van der Waals surface area contributed by atoms with Gasteiger partial charge in [0, 0.05) is 4.47 Å². The fraction of sp³-hybridized carbons (Fsp3) is 0.357. The molecule has 0 saturated heterocycles. The molecule has 0 aromatic heterocycles. The summed E-state index contributed by atoms with van der Waals surface area (Å²) in [5, 5.41) is 0. The smallest absolute Gasteiger partial charge is 0.0181 e. The lowest BCUT2D eigenvalue weighted by Crippen LogP contribution is -1.80. The molecule has 0 heterocycles. The van der Waals surface area contributed by atoms with E-state index in [-0.39, 0.29) is 0 Å². The van der Waals surface area contributed by atoms with Gasteiger partial charge in [0.05, 0.1) is 0 Å². The van der Waals surface area contributed by atoms with Gasteiger partial charge in [-0.2, -0.15) is 0 Å². The zero-order chi connectivity index (χ0) is 11.1. The number of unbranched alkanes of at least 4 members (excludes halogenated alkanes) is 2. The molecule has 15 heavy (non-hydrogen) atoms. The van der Waals surface area contributed by atoms with Crippen molar-refractivity contribution in [1.29, 1.82) is 0 Å². The van der Waals surface area contributed by atoms with Gasteiger partial charge in [-0.1, -0.05) is 59.5 Å². The first kappa shape index (κ1) is 12.5. The van der Waals surface area contributed by atoms with E-state index < -0.39 is 0 Å². The topological polar surface area (TPSA) is 0 Å². The quantitative estimate of drug-likeness (QED) is 0.639. The number of allylic oxidation sites excluding steroid dienone is 1. The zero-order valence-electron chi connectivity index (χ0n) is 9.30. The van der Waals surface area contributed by atoms with Crippen LogP contribution in [0.5, 0.6) is 0 Å². The van der Waals surface area contributed by atoms with Crippen LogP contribution in [-0.2, 0) is 0 Å². The van der Waals surface area contributed by atoms with E-state index in [4.69, 9.17) is 0 Å². The average molecular weight is 266 g/mol. The summed E-state index contributed by atoms with van der Waals surface area (Å²) in [7, 11) is 0. The normalized spacial score (nSPS) is 11.8. The molecule has 0 amide bonds. The summed E-state index contributed by atoms with van der Waals surface area (Å²) in [6.45, 7) is 6.30. The van der Waals surface area contributed by atoms with Gasteiger partial charge in [-0.15, -0.1) is 0 Å². The van der Waals surface area contributed by atoms with E-state index in [0.717, 1.165) is 10.9 Å². The van der Waals surface area contributed by atoms with Gasteiger partial charge in [0.2, 0.25) is 0 Å². The van der Waals surface area contributed by atoms with Gasteiger partial charge >= 0.3 is 0 Å². The minimum atomic E-state index is 1.11. The summed E-state index contributed by atoms with van der Waals surface area (Å²) in [6.07, 6.45) is 7.09. The molecule has 0 spiro atoms. The van der Waals surface area contributed by atoms with Crippen LogP contribution in [0.15, 0.2) is 34.3 Å². The summed E-state index contributed by atoms with van der Waals surface area (Å²) in [6, 6.07) is 8.31. The minimum Gasteiger partial charge on any atom is -0.0693 e. The van der Waals surface area contributed by atoms with Crippen LogP contribution in [-0.4, -0.2) is 0 Å². The maximum absolute atomic E-state index is 4.08. The van der Waals surface area contributed by atoms with Crippen LogP contribution in [0.3, 0.4) is 0 Å². The third-order valence-electron chi connectivity index (χ3n) is 2.32. The van der Waals surface area contributed by atoms with Crippen molar-refractivity contribution in [2.45, 2.75) is 32.6 Å². The molecule has 1 rings (SSSR count). The van der Waals surface area contributed by atoms with Gasteiger partial charge in [0.15, 0.2) is 0 Å². The second kappa shape index (κ2) is 6.84. The highest BCUT2D eigenvalue weighted by Gasteiger charge is 1.93. The first-order valence-corrected chi connectivity index (χ1v) is 6.29. The van der Waals surface area contributed by atoms with E-state index in [0.29, 0.717) is 0 Å². The average Bonchev–Trinajstić information content (AvgIpc) is 2.18. The molecule has 0 saturated carbocycles. The van der Waals surface area contributed by atoms with Crippen LogP contribution in [0.1, 0.15) is 38.2 Å². The van der Waals surface area contributed by atoms with Gasteiger partial charge in [-0.05, 0) is 37.5 Å². The number of rotatable bonds is 5. The van der Waals surface area contributed by atoms with E-state index in [9.17, 15) is 0 Å². The number of halogens is 1. The van der Waals surface area contributed by atoms with E-state index >= 15 is 0 Å². The summed E-state index contributed by atoms with van der Waals surface area (Å²) >= 11 is 3.47. The molecule has 0 N–H and O–H groups in total. The first-order valence-electron chi connectivity index (χ1n) is 5.50. The maximum Gasteiger partial charge on any atom is 0.0181 e. The molecule has 0 atom stereocenters. The molecular formula is C14H18Br. The lowest BCUT2D eigenvalue weighted by Gasteiger charge is -2.01. The van der Waals surface area contributed by atoms with Crippen molar-refractivity contribution in [1.82, 2.24) is 0 Å². The second-order valence-corrected chi connectivity index (χ2v) is 4.73. The fourth-order valence-corrected chi connectivity index (χ4v) is 1.92. The Hall–Kier alpha value is -0.560. The molecule has 0 nitrogen and oxygen atoms in total. The molecule has 0 aliphatic rings. The Bertz CT molecular complexity index is 326. The predicted octanol–water partition coefficient (Wildman–Crippen LogP) is 5.25. The highest BCUT2D eigenvalue weighted by molar-refractivity contribution is 9.10. The van der Waals surface area contributed by atoms with Crippen LogP contribution in [0.4, 0.5) is 0 Å². The van der Waals surface area contributed by atoms with Crippen LogP contribution in [0, 0.1) is 6.92 Å². The number of hydrogen-bond acceptors (Lipinski definition) is 0. The van der Waals surface area contributed by atoms with E-state index in [1.54, 1.807) is 0 Å². The Balaban J connectivity index is 2.54. The molecule has 0 aliphatic carbocycles. The largest absolute Gasteiger partial charge is 0.0693 e. The number of benzene rings is 1. The monoisotopic (exact) mass is 265 g/mol. The van der Waals surface area contributed by atoms with Gasteiger partial charge in [0.25, 0.3) is 0 Å². The molecule has 0 bridgehead atoms. The molecular weight excluding hydrogens is 248 g/mol. The Morgan fingerprint density at radius 1 is 1.40 bits per heavy atom. The third-order valence-corrected chi connectivity index (χ3v) is 2.81. The SMILES string of the molecule is [CH2]/C(=C\c1cccc(Br)c1)CCCCC. The summed E-state index contributed by atoms with van der Waals surface area (Å²) in [5.74, 6) is 0. The van der Waals surface area contributed by atoms with Gasteiger partial charge in [0.1, 0.15) is 0 Å². The third kappa shape index (κ3) is 5.17. The Labute approximate surface area is 102 Å². The first-order chi connectivity index (χ1) is 7.22. The fourth-order valence-electron chi connectivity index (χ4n) is 1.51. The van der Waals surface area contributed by atoms with Crippen molar-refractivity contribution in [2.75, 3.05) is 0 Å². The van der Waals surface area contributed by atoms with Gasteiger partial charge in [-0.3, -0.25) is 0 Å². The highest BCUT2D eigenvalue weighted by atomic mass is 79.9.